The van der Waals surface area contributed by atoms with Crippen molar-refractivity contribution in [2.45, 2.75) is 31.3 Å². The zero-order valence-electron chi connectivity index (χ0n) is 17.0. The Morgan fingerprint density at radius 3 is 2.68 bits per heavy atom. The molecule has 31 heavy (non-hydrogen) atoms. The van der Waals surface area contributed by atoms with Crippen LogP contribution in [0.4, 0.5) is 0 Å². The molecular weight excluding hydrogens is 396 g/mol. The van der Waals surface area contributed by atoms with Gasteiger partial charge in [-0.2, -0.15) is 0 Å². The van der Waals surface area contributed by atoms with Crippen LogP contribution in [0.25, 0.3) is 6.08 Å². The molecule has 160 valence electrons. The number of hydrogen-bond acceptors (Lipinski definition) is 5. The predicted octanol–water partition coefficient (Wildman–Crippen LogP) is 3.24. The van der Waals surface area contributed by atoms with Gasteiger partial charge in [-0.25, -0.2) is 5.48 Å². The highest BCUT2D eigenvalue weighted by Gasteiger charge is 2.42. The van der Waals surface area contributed by atoms with Gasteiger partial charge in [-0.1, -0.05) is 24.3 Å². The second-order valence-corrected chi connectivity index (χ2v) is 7.96. The van der Waals surface area contributed by atoms with Crippen molar-refractivity contribution in [1.82, 2.24) is 10.4 Å². The molecule has 7 nitrogen and oxygen atoms in total. The van der Waals surface area contributed by atoms with Gasteiger partial charge in [0.25, 0.3) is 11.8 Å². The van der Waals surface area contributed by atoms with Crippen LogP contribution < -0.4 is 10.2 Å². The average molecular weight is 420 g/mol. The third kappa shape index (κ3) is 4.51. The van der Waals surface area contributed by atoms with Crippen LogP contribution in [0.3, 0.4) is 0 Å². The maximum Gasteiger partial charge on any atom is 0.267 e. The second-order valence-electron chi connectivity index (χ2n) is 7.96. The maximum absolute atomic E-state index is 13.0. The van der Waals surface area contributed by atoms with Gasteiger partial charge in [0.05, 0.1) is 12.0 Å². The van der Waals surface area contributed by atoms with Crippen LogP contribution >= 0.6 is 0 Å². The Hall–Kier alpha value is -3.45. The number of nitrogens with one attached hydrogen (secondary N) is 1. The summed E-state index contributed by atoms with van der Waals surface area (Å²) in [6.45, 7) is 1.17. The van der Waals surface area contributed by atoms with Crippen molar-refractivity contribution < 1.29 is 24.3 Å². The van der Waals surface area contributed by atoms with Crippen molar-refractivity contribution in [3.63, 3.8) is 0 Å². The van der Waals surface area contributed by atoms with Crippen molar-refractivity contribution in [1.29, 1.82) is 0 Å². The summed E-state index contributed by atoms with van der Waals surface area (Å²) in [7, 11) is 0. The molecule has 2 heterocycles. The predicted molar refractivity (Wildman–Crippen MR) is 114 cm³/mol. The lowest BCUT2D eigenvalue weighted by Crippen LogP contribution is -2.43. The van der Waals surface area contributed by atoms with Crippen LogP contribution in [0.1, 0.15) is 52.0 Å². The van der Waals surface area contributed by atoms with Gasteiger partial charge in [-0.15, -0.1) is 0 Å². The summed E-state index contributed by atoms with van der Waals surface area (Å²) in [5, 5.41) is 8.58. The van der Waals surface area contributed by atoms with Crippen molar-refractivity contribution in [3.05, 3.63) is 71.3 Å². The van der Waals surface area contributed by atoms with Crippen molar-refractivity contribution >= 4 is 23.7 Å². The van der Waals surface area contributed by atoms with Crippen molar-refractivity contribution in [2.24, 2.45) is 0 Å². The first-order chi connectivity index (χ1) is 15.0. The molecule has 2 aromatic rings. The molecule has 1 fully saturated rings. The van der Waals surface area contributed by atoms with E-state index in [1.54, 1.807) is 18.2 Å². The minimum atomic E-state index is -0.646. The summed E-state index contributed by atoms with van der Waals surface area (Å²) in [6.07, 6.45) is 5.02. The Bertz CT molecular complexity index is 1030. The number of hydroxylamine groups is 1. The average Bonchev–Trinajstić information content (AvgIpc) is 3.00. The van der Waals surface area contributed by atoms with Crippen LogP contribution in [0, 0.1) is 0 Å². The summed E-state index contributed by atoms with van der Waals surface area (Å²) >= 11 is 0. The number of carbonyl (C=O) groups is 3. The topological polar surface area (TPSA) is 95.9 Å². The number of nitrogens with zero attached hydrogens (tertiary/aromatic N) is 1. The van der Waals surface area contributed by atoms with E-state index in [1.807, 2.05) is 35.2 Å². The van der Waals surface area contributed by atoms with E-state index < -0.39 is 11.5 Å². The molecule has 2 N–H and O–H groups in total. The molecule has 0 aromatic heterocycles. The van der Waals surface area contributed by atoms with E-state index in [-0.39, 0.29) is 18.1 Å². The quantitative estimate of drug-likeness (QED) is 0.452. The lowest BCUT2D eigenvalue weighted by atomic mass is 9.84. The summed E-state index contributed by atoms with van der Waals surface area (Å²) in [6, 6.07) is 14.4. The number of ketones is 1. The first-order valence-electron chi connectivity index (χ1n) is 10.3. The Kier molecular flexibility index (Phi) is 5.86. The third-order valence-corrected chi connectivity index (χ3v) is 5.86. The third-order valence-electron chi connectivity index (χ3n) is 5.86. The summed E-state index contributed by atoms with van der Waals surface area (Å²) < 4.78 is 6.34. The Morgan fingerprint density at radius 2 is 1.90 bits per heavy atom. The summed E-state index contributed by atoms with van der Waals surface area (Å²) in [5.41, 5.74) is 2.73. The van der Waals surface area contributed by atoms with E-state index >= 15 is 0 Å². The molecule has 0 saturated carbocycles. The number of benzene rings is 2. The zero-order chi connectivity index (χ0) is 21.8. The van der Waals surface area contributed by atoms with Gasteiger partial charge in [0.1, 0.15) is 11.4 Å². The first kappa shape index (κ1) is 20.8. The van der Waals surface area contributed by atoms with Crippen molar-refractivity contribution in [3.8, 4) is 5.75 Å². The largest absolute Gasteiger partial charge is 0.486 e. The molecule has 2 aromatic carbocycles. The molecule has 4 rings (SSSR count). The van der Waals surface area contributed by atoms with Gasteiger partial charge in [0.15, 0.2) is 5.78 Å². The number of ether oxygens (including phenoxy) is 1. The maximum atomic E-state index is 13.0. The van der Waals surface area contributed by atoms with E-state index in [2.05, 4.69) is 0 Å². The fourth-order valence-corrected chi connectivity index (χ4v) is 4.24. The molecule has 1 saturated heterocycles. The molecule has 1 atom stereocenters. The number of fused-ring (bicyclic) bond motifs is 1. The lowest BCUT2D eigenvalue weighted by Gasteiger charge is -2.37. The minimum absolute atomic E-state index is 0.00327. The molecule has 2 aliphatic rings. The molecule has 0 radical (unpaired) electrons. The van der Waals surface area contributed by atoms with Gasteiger partial charge in [0, 0.05) is 31.1 Å². The number of likely N-dealkylation sites (tertiary alicyclic amines) is 1. The van der Waals surface area contributed by atoms with Crippen LogP contribution in [0.2, 0.25) is 0 Å². The highest BCUT2D eigenvalue weighted by Crippen LogP contribution is 2.40. The van der Waals surface area contributed by atoms with Gasteiger partial charge in [-0.3, -0.25) is 19.6 Å². The molecule has 0 bridgehead atoms. The van der Waals surface area contributed by atoms with E-state index in [9.17, 15) is 14.4 Å². The number of carbonyl (C=O) groups excluding carboxylic acids is 3. The van der Waals surface area contributed by atoms with Gasteiger partial charge < -0.3 is 9.64 Å². The molecule has 1 unspecified atom stereocenters. The highest BCUT2D eigenvalue weighted by atomic mass is 16.5. The highest BCUT2D eigenvalue weighted by molar-refractivity contribution is 6.01. The Balaban J connectivity index is 1.49. The normalized spacial score (nSPS) is 20.8. The summed E-state index contributed by atoms with van der Waals surface area (Å²) in [4.78, 5) is 38.8. The number of Topliss-reactive ketones (excluding diaryl/α,β-unsaturated/α-hetero) is 1. The molecule has 1 spiro atoms. The van der Waals surface area contributed by atoms with E-state index in [0.29, 0.717) is 48.4 Å². The van der Waals surface area contributed by atoms with Gasteiger partial charge in [-0.05, 0) is 48.7 Å². The van der Waals surface area contributed by atoms with E-state index in [4.69, 9.17) is 9.94 Å². The molecule has 0 aliphatic carbocycles. The van der Waals surface area contributed by atoms with Crippen LogP contribution in [0.15, 0.2) is 54.6 Å². The molecular formula is C24H24N2O5. The number of rotatable bonds is 3. The Labute approximate surface area is 180 Å². The Morgan fingerprint density at radius 1 is 1.10 bits per heavy atom. The number of hydrogen-bond donors (Lipinski definition) is 2. The molecule has 2 aliphatic heterocycles. The SMILES string of the molecule is O=C(/C=C/c1ccc2c(c1)C(=O)CC1(CCCN(C(=O)c3ccccc3)CC1)O2)NO. The smallest absolute Gasteiger partial charge is 0.267 e. The van der Waals surface area contributed by atoms with Gasteiger partial charge in [0.2, 0.25) is 0 Å². The van der Waals surface area contributed by atoms with E-state index in [1.165, 1.54) is 17.6 Å². The van der Waals surface area contributed by atoms with Crippen LogP contribution in [-0.2, 0) is 4.79 Å². The van der Waals surface area contributed by atoms with Crippen LogP contribution in [0.5, 0.6) is 5.75 Å². The standard InChI is InChI=1S/C24H24N2O5/c27-20-16-24(31-21-9-7-17(15-19(20)21)8-10-22(28)25-30)11-4-13-26(14-12-24)23(29)18-5-2-1-3-6-18/h1-3,5-10,15,30H,4,11-14,16H2,(H,25,28)/b10-8+. The summed E-state index contributed by atoms with van der Waals surface area (Å²) in [5.74, 6) is -0.121. The van der Waals surface area contributed by atoms with E-state index in [0.717, 1.165) is 6.42 Å². The monoisotopic (exact) mass is 420 g/mol. The number of amides is 2. The van der Waals surface area contributed by atoms with Crippen molar-refractivity contribution in [2.75, 3.05) is 13.1 Å². The molecule has 2 amide bonds. The first-order valence-corrected chi connectivity index (χ1v) is 10.3. The fourth-order valence-electron chi connectivity index (χ4n) is 4.24. The second kappa shape index (κ2) is 8.73. The molecule has 7 heteroatoms. The van der Waals surface area contributed by atoms with Crippen LogP contribution in [-0.4, -0.2) is 46.4 Å². The lowest BCUT2D eigenvalue weighted by molar-refractivity contribution is -0.124. The van der Waals surface area contributed by atoms with Gasteiger partial charge >= 0.3 is 0 Å². The zero-order valence-corrected chi connectivity index (χ0v) is 17.0. The fraction of sp³-hybridized carbons (Fsp3) is 0.292. The minimum Gasteiger partial charge on any atom is -0.486 e.